The van der Waals surface area contributed by atoms with Crippen molar-refractivity contribution in [1.82, 2.24) is 10.3 Å². The number of ether oxygens (including phenoxy) is 1. The van der Waals surface area contributed by atoms with Crippen LogP contribution in [0.1, 0.15) is 44.6 Å². The van der Waals surface area contributed by atoms with Crippen molar-refractivity contribution in [1.29, 1.82) is 0 Å². The number of nitrogens with two attached hydrogens (primary N) is 1. The minimum atomic E-state index is -0.813. The van der Waals surface area contributed by atoms with Gasteiger partial charge < -0.3 is 15.6 Å². The third-order valence-corrected chi connectivity index (χ3v) is 3.31. The van der Waals surface area contributed by atoms with Gasteiger partial charge in [0.05, 0.1) is 12.6 Å². The van der Waals surface area contributed by atoms with E-state index in [0.29, 0.717) is 12.5 Å². The van der Waals surface area contributed by atoms with Crippen molar-refractivity contribution in [2.45, 2.75) is 40.2 Å². The predicted molar refractivity (Wildman–Crippen MR) is 86.1 cm³/mol. The molecule has 0 unspecified atom stereocenters. The number of aromatic hydroxyl groups is 1. The molecule has 0 saturated carbocycles. The summed E-state index contributed by atoms with van der Waals surface area (Å²) >= 11 is 0. The van der Waals surface area contributed by atoms with E-state index in [1.165, 1.54) is 12.3 Å². The molecule has 7 heteroatoms. The Morgan fingerprint density at radius 3 is 2.57 bits per heavy atom. The molecule has 1 heterocycles. The first-order valence-corrected chi connectivity index (χ1v) is 7.65. The second-order valence-electron chi connectivity index (χ2n) is 6.13. The molecule has 0 saturated heterocycles. The highest BCUT2D eigenvalue weighted by Gasteiger charge is 2.23. The maximum absolute atomic E-state index is 12.1. The molecule has 1 atom stereocenters. The lowest BCUT2D eigenvalue weighted by atomic mass is 10.1. The molecular weight excluding hydrogens is 298 g/mol. The highest BCUT2D eigenvalue weighted by molar-refractivity contribution is 6.06. The number of imide groups is 1. The largest absolute Gasteiger partial charge is 0.503 e. The Labute approximate surface area is 136 Å². The van der Waals surface area contributed by atoms with E-state index in [4.69, 9.17) is 10.5 Å². The predicted octanol–water partition coefficient (Wildman–Crippen LogP) is 1.45. The summed E-state index contributed by atoms with van der Waals surface area (Å²) in [6.07, 6.45) is 2.15. The molecule has 0 spiro atoms. The van der Waals surface area contributed by atoms with Crippen molar-refractivity contribution < 1.29 is 19.4 Å². The van der Waals surface area contributed by atoms with Gasteiger partial charge in [0, 0.05) is 12.3 Å². The van der Waals surface area contributed by atoms with Crippen LogP contribution in [0.4, 0.5) is 0 Å². The van der Waals surface area contributed by atoms with Gasteiger partial charge in [-0.05, 0) is 18.3 Å². The molecule has 2 amide bonds. The molecule has 0 aromatic carbocycles. The highest BCUT2D eigenvalue weighted by Crippen LogP contribution is 2.28. The fourth-order valence-corrected chi connectivity index (χ4v) is 1.68. The molecule has 1 rings (SSSR count). The number of carbonyl (C=O) groups is 2. The Balaban J connectivity index is 2.80. The molecule has 7 nitrogen and oxygen atoms in total. The van der Waals surface area contributed by atoms with Crippen LogP contribution >= 0.6 is 0 Å². The number of hydrogen-bond donors (Lipinski definition) is 3. The van der Waals surface area contributed by atoms with E-state index >= 15 is 0 Å². The van der Waals surface area contributed by atoms with E-state index in [1.807, 2.05) is 0 Å². The minimum Gasteiger partial charge on any atom is -0.503 e. The van der Waals surface area contributed by atoms with E-state index in [2.05, 4.69) is 24.1 Å². The van der Waals surface area contributed by atoms with Crippen molar-refractivity contribution in [3.05, 3.63) is 18.0 Å². The molecule has 0 aliphatic rings. The number of pyridine rings is 1. The van der Waals surface area contributed by atoms with Crippen LogP contribution in [0, 0.1) is 11.8 Å². The second kappa shape index (κ2) is 8.47. The summed E-state index contributed by atoms with van der Waals surface area (Å²) in [5, 5.41) is 12.2. The number of nitrogens with zero attached hydrogens (tertiary/aromatic N) is 1. The Kier molecular flexibility index (Phi) is 6.96. The maximum atomic E-state index is 12.1. The third-order valence-electron chi connectivity index (χ3n) is 3.31. The zero-order valence-electron chi connectivity index (χ0n) is 14.0. The zero-order valence-corrected chi connectivity index (χ0v) is 14.0. The monoisotopic (exact) mass is 323 g/mol. The van der Waals surface area contributed by atoms with Gasteiger partial charge in [0.1, 0.15) is 0 Å². The first-order valence-electron chi connectivity index (χ1n) is 7.65. The number of nitrogens with one attached hydrogen (secondary N) is 1. The summed E-state index contributed by atoms with van der Waals surface area (Å²) in [5.74, 6) is -1.31. The quantitative estimate of drug-likeness (QED) is 0.699. The van der Waals surface area contributed by atoms with Gasteiger partial charge in [-0.25, -0.2) is 4.98 Å². The van der Waals surface area contributed by atoms with Gasteiger partial charge in [0.25, 0.3) is 5.91 Å². The van der Waals surface area contributed by atoms with E-state index in [1.54, 1.807) is 13.8 Å². The molecule has 128 valence electrons. The van der Waals surface area contributed by atoms with E-state index in [9.17, 15) is 14.7 Å². The van der Waals surface area contributed by atoms with Crippen LogP contribution in [0.25, 0.3) is 0 Å². The van der Waals surface area contributed by atoms with Crippen LogP contribution in [-0.4, -0.2) is 34.6 Å². The first-order chi connectivity index (χ1) is 10.7. The van der Waals surface area contributed by atoms with Crippen LogP contribution in [0.5, 0.6) is 11.5 Å². The van der Waals surface area contributed by atoms with Crippen LogP contribution in [0.3, 0.4) is 0 Å². The average molecular weight is 323 g/mol. The Bertz CT molecular complexity index is 558. The maximum Gasteiger partial charge on any atom is 0.280 e. The Morgan fingerprint density at radius 1 is 1.35 bits per heavy atom. The molecule has 4 N–H and O–H groups in total. The van der Waals surface area contributed by atoms with Crippen LogP contribution < -0.4 is 15.8 Å². The lowest BCUT2D eigenvalue weighted by molar-refractivity contribution is -0.122. The molecule has 1 aromatic heterocycles. The zero-order chi connectivity index (χ0) is 17.6. The van der Waals surface area contributed by atoms with Gasteiger partial charge in [-0.15, -0.1) is 0 Å². The summed E-state index contributed by atoms with van der Waals surface area (Å²) in [4.78, 5) is 27.7. The van der Waals surface area contributed by atoms with Gasteiger partial charge >= 0.3 is 0 Å². The molecule has 0 radical (unpaired) electrons. The molecule has 0 bridgehead atoms. The van der Waals surface area contributed by atoms with Gasteiger partial charge in [-0.1, -0.05) is 27.7 Å². The highest BCUT2D eigenvalue weighted by atomic mass is 16.5. The average Bonchev–Trinajstić information content (AvgIpc) is 2.47. The van der Waals surface area contributed by atoms with Crippen LogP contribution in [0.2, 0.25) is 0 Å². The lowest BCUT2D eigenvalue weighted by Gasteiger charge is -2.15. The smallest absolute Gasteiger partial charge is 0.280 e. The number of amides is 2. The summed E-state index contributed by atoms with van der Waals surface area (Å²) < 4.78 is 5.45. The van der Waals surface area contributed by atoms with Crippen molar-refractivity contribution in [3.63, 3.8) is 0 Å². The Hall–Kier alpha value is -2.15. The minimum absolute atomic E-state index is 0.116. The third kappa shape index (κ3) is 5.52. The molecule has 23 heavy (non-hydrogen) atoms. The molecular formula is C16H25N3O4. The van der Waals surface area contributed by atoms with E-state index < -0.39 is 17.9 Å². The topological polar surface area (TPSA) is 115 Å². The normalized spacial score (nSPS) is 12.3. The SMILES string of the molecule is CC(C)CCOc1ccnc(C(=O)NC(=O)[C@@H](N)C(C)C)c1O. The van der Waals surface area contributed by atoms with Crippen LogP contribution in [0.15, 0.2) is 12.3 Å². The summed E-state index contributed by atoms with van der Waals surface area (Å²) in [6.45, 7) is 8.06. The first kappa shape index (κ1) is 18.9. The Morgan fingerprint density at radius 2 is 2.00 bits per heavy atom. The van der Waals surface area contributed by atoms with Gasteiger partial charge in [-0.3, -0.25) is 14.9 Å². The standard InChI is InChI=1S/C16H25N3O4/c1-9(2)6-8-23-11-5-7-18-13(14(11)20)16(22)19-15(21)12(17)10(3)4/h5,7,9-10,12,20H,6,8,17H2,1-4H3,(H,19,21,22)/t12-/m0/s1. The van der Waals surface area contributed by atoms with Gasteiger partial charge in [-0.2, -0.15) is 0 Å². The second-order valence-corrected chi connectivity index (χ2v) is 6.13. The fraction of sp³-hybridized carbons (Fsp3) is 0.562. The number of carbonyl (C=O) groups excluding carboxylic acids is 2. The lowest BCUT2D eigenvalue weighted by Crippen LogP contribution is -2.46. The number of rotatable bonds is 7. The fourth-order valence-electron chi connectivity index (χ4n) is 1.68. The number of aromatic nitrogens is 1. The summed E-state index contributed by atoms with van der Waals surface area (Å²) in [6, 6.07) is 0.653. The molecule has 0 fully saturated rings. The van der Waals surface area contributed by atoms with Crippen LogP contribution in [-0.2, 0) is 4.79 Å². The van der Waals surface area contributed by atoms with E-state index in [0.717, 1.165) is 6.42 Å². The van der Waals surface area contributed by atoms with Crippen molar-refractivity contribution in [3.8, 4) is 11.5 Å². The van der Waals surface area contributed by atoms with Gasteiger partial charge in [0.2, 0.25) is 5.91 Å². The van der Waals surface area contributed by atoms with Crippen molar-refractivity contribution in [2.75, 3.05) is 6.61 Å². The van der Waals surface area contributed by atoms with Crippen molar-refractivity contribution >= 4 is 11.8 Å². The van der Waals surface area contributed by atoms with E-state index in [-0.39, 0.29) is 23.1 Å². The summed E-state index contributed by atoms with van der Waals surface area (Å²) in [5.41, 5.74) is 5.41. The molecule has 1 aromatic rings. The van der Waals surface area contributed by atoms with Gasteiger partial charge in [0.15, 0.2) is 17.2 Å². The number of hydrogen-bond acceptors (Lipinski definition) is 6. The van der Waals surface area contributed by atoms with Crippen molar-refractivity contribution in [2.24, 2.45) is 17.6 Å². The molecule has 0 aliphatic carbocycles. The molecule has 0 aliphatic heterocycles. The summed E-state index contributed by atoms with van der Waals surface area (Å²) in [7, 11) is 0.